The van der Waals surface area contributed by atoms with Crippen molar-refractivity contribution >= 4 is 23.2 Å². The van der Waals surface area contributed by atoms with Crippen LogP contribution in [0.25, 0.3) is 0 Å². The average Bonchev–Trinajstić information content (AvgIpc) is 2.73. The second-order valence-electron chi connectivity index (χ2n) is 3.91. The van der Waals surface area contributed by atoms with Crippen LogP contribution in [-0.2, 0) is 4.79 Å². The van der Waals surface area contributed by atoms with E-state index in [2.05, 4.69) is 11.8 Å². The minimum absolute atomic E-state index is 0.0733. The molecule has 0 aromatic carbocycles. The van der Waals surface area contributed by atoms with Gasteiger partial charge in [0.05, 0.1) is 22.8 Å². The number of thiophene rings is 1. The lowest BCUT2D eigenvalue weighted by molar-refractivity contribution is -0.118. The first-order chi connectivity index (χ1) is 8.99. The number of nitrogens with two attached hydrogens (primary N) is 2. The zero-order chi connectivity index (χ0) is 14.4. The predicted octanol–water partition coefficient (Wildman–Crippen LogP) is 0.314. The van der Waals surface area contributed by atoms with Crippen LogP contribution in [0.1, 0.15) is 27.0 Å². The van der Waals surface area contributed by atoms with Gasteiger partial charge in [-0.25, -0.2) is 0 Å². The van der Waals surface area contributed by atoms with E-state index < -0.39 is 5.91 Å². The molecular formula is C13H17N3O2S. The van der Waals surface area contributed by atoms with Gasteiger partial charge in [-0.1, -0.05) is 11.8 Å². The Morgan fingerprint density at radius 3 is 2.68 bits per heavy atom. The van der Waals surface area contributed by atoms with Crippen molar-refractivity contribution in [3.8, 4) is 11.8 Å². The van der Waals surface area contributed by atoms with E-state index >= 15 is 0 Å². The minimum Gasteiger partial charge on any atom is -0.368 e. The van der Waals surface area contributed by atoms with Gasteiger partial charge in [0.1, 0.15) is 0 Å². The van der Waals surface area contributed by atoms with Gasteiger partial charge < -0.3 is 16.4 Å². The van der Waals surface area contributed by atoms with E-state index in [9.17, 15) is 9.59 Å². The van der Waals surface area contributed by atoms with Crippen LogP contribution in [-0.4, -0.2) is 36.3 Å². The summed E-state index contributed by atoms with van der Waals surface area (Å²) in [5.41, 5.74) is 11.4. The summed E-state index contributed by atoms with van der Waals surface area (Å²) in [6, 6.07) is 1.77. The number of nitrogens with zero attached hydrogens (tertiary/aromatic N) is 1. The summed E-state index contributed by atoms with van der Waals surface area (Å²) in [4.78, 5) is 25.9. The van der Waals surface area contributed by atoms with Crippen LogP contribution in [0.3, 0.4) is 0 Å². The second-order valence-corrected chi connectivity index (χ2v) is 4.97. The van der Waals surface area contributed by atoms with E-state index in [-0.39, 0.29) is 19.0 Å². The molecule has 0 bridgehead atoms. The fraction of sp³-hybridized carbons (Fsp3) is 0.385. The van der Waals surface area contributed by atoms with Gasteiger partial charge in [0.25, 0.3) is 5.91 Å². The number of carbonyl (C=O) groups is 2. The number of primary amides is 1. The van der Waals surface area contributed by atoms with Gasteiger partial charge in [-0.3, -0.25) is 9.59 Å². The zero-order valence-corrected chi connectivity index (χ0v) is 11.8. The van der Waals surface area contributed by atoms with E-state index in [1.807, 2.05) is 6.92 Å². The van der Waals surface area contributed by atoms with Gasteiger partial charge in [-0.15, -0.1) is 11.3 Å². The van der Waals surface area contributed by atoms with Gasteiger partial charge >= 0.3 is 0 Å². The van der Waals surface area contributed by atoms with E-state index in [4.69, 9.17) is 11.5 Å². The molecule has 0 saturated heterocycles. The summed E-state index contributed by atoms with van der Waals surface area (Å²) in [5, 5.41) is 0. The van der Waals surface area contributed by atoms with E-state index in [0.717, 1.165) is 10.4 Å². The van der Waals surface area contributed by atoms with Crippen LogP contribution in [0, 0.1) is 18.8 Å². The van der Waals surface area contributed by atoms with Crippen LogP contribution in [0.2, 0.25) is 0 Å². The molecule has 2 amide bonds. The highest BCUT2D eigenvalue weighted by Gasteiger charge is 2.18. The molecule has 0 radical (unpaired) electrons. The van der Waals surface area contributed by atoms with Crippen LogP contribution in [0.15, 0.2) is 6.07 Å². The van der Waals surface area contributed by atoms with Crippen molar-refractivity contribution in [3.63, 3.8) is 0 Å². The maximum atomic E-state index is 12.2. The number of hydrogen-bond acceptors (Lipinski definition) is 4. The molecule has 0 spiro atoms. The summed E-state index contributed by atoms with van der Waals surface area (Å²) in [6.07, 6.45) is 0. The largest absolute Gasteiger partial charge is 0.368 e. The number of amides is 2. The number of aryl methyl sites for hydroxylation is 1. The van der Waals surface area contributed by atoms with Crippen molar-refractivity contribution in [2.24, 2.45) is 11.5 Å². The Kier molecular flexibility index (Phi) is 5.55. The van der Waals surface area contributed by atoms with E-state index in [0.29, 0.717) is 11.4 Å². The van der Waals surface area contributed by atoms with Crippen LogP contribution >= 0.6 is 11.3 Å². The second kappa shape index (κ2) is 6.92. The molecule has 0 saturated carbocycles. The lowest BCUT2D eigenvalue weighted by Gasteiger charge is -2.17. The fourth-order valence-electron chi connectivity index (χ4n) is 1.51. The Hall–Kier alpha value is -1.84. The lowest BCUT2D eigenvalue weighted by Crippen LogP contribution is -2.37. The molecule has 0 aliphatic rings. The Balaban J connectivity index is 2.96. The topological polar surface area (TPSA) is 89.4 Å². The smallest absolute Gasteiger partial charge is 0.264 e. The molecular weight excluding hydrogens is 262 g/mol. The van der Waals surface area contributed by atoms with Gasteiger partial charge in [-0.2, -0.15) is 0 Å². The number of rotatable bonds is 4. The van der Waals surface area contributed by atoms with Gasteiger partial charge in [0.15, 0.2) is 0 Å². The Bertz CT molecular complexity index is 540. The van der Waals surface area contributed by atoms with Crippen molar-refractivity contribution in [1.82, 2.24) is 4.90 Å². The molecule has 4 N–H and O–H groups in total. The van der Waals surface area contributed by atoms with E-state index in [1.165, 1.54) is 16.2 Å². The highest BCUT2D eigenvalue weighted by Crippen LogP contribution is 2.22. The fourth-order valence-corrected chi connectivity index (χ4v) is 2.53. The molecule has 0 aliphatic heterocycles. The Labute approximate surface area is 116 Å². The van der Waals surface area contributed by atoms with Crippen molar-refractivity contribution < 1.29 is 9.59 Å². The normalized spacial score (nSPS) is 9.63. The molecule has 1 heterocycles. The highest BCUT2D eigenvalue weighted by atomic mass is 32.1. The zero-order valence-electron chi connectivity index (χ0n) is 11.0. The predicted molar refractivity (Wildman–Crippen MR) is 75.8 cm³/mol. The molecule has 0 atom stereocenters. The number of likely N-dealkylation sites (N-methyl/N-ethyl adjacent to an activating group) is 1. The Morgan fingerprint density at radius 1 is 1.47 bits per heavy atom. The Morgan fingerprint density at radius 2 is 2.16 bits per heavy atom. The summed E-state index contributed by atoms with van der Waals surface area (Å²) in [5.74, 6) is 4.97. The average molecular weight is 279 g/mol. The summed E-state index contributed by atoms with van der Waals surface area (Å²) < 4.78 is 0. The standard InChI is InChI=1S/C13H17N3O2S/c1-3-16(8-12(15)17)13(18)11-7-9(2)10(19-11)5-4-6-14/h7H,3,6,8,14H2,1-2H3,(H2,15,17). The summed E-state index contributed by atoms with van der Waals surface area (Å²) in [6.45, 7) is 4.33. The SMILES string of the molecule is CCN(CC(N)=O)C(=O)c1cc(C)c(C#CCN)s1. The van der Waals surface area contributed by atoms with Crippen molar-refractivity contribution in [3.05, 3.63) is 21.4 Å². The molecule has 0 aliphatic carbocycles. The molecule has 1 aromatic heterocycles. The number of hydrogen-bond donors (Lipinski definition) is 2. The minimum atomic E-state index is -0.522. The highest BCUT2D eigenvalue weighted by molar-refractivity contribution is 7.14. The number of carbonyl (C=O) groups excluding carboxylic acids is 2. The van der Waals surface area contributed by atoms with Gasteiger partial charge in [0, 0.05) is 6.54 Å². The molecule has 1 aromatic rings. The van der Waals surface area contributed by atoms with Crippen molar-refractivity contribution in [2.45, 2.75) is 13.8 Å². The molecule has 1 rings (SSSR count). The van der Waals surface area contributed by atoms with Crippen LogP contribution < -0.4 is 11.5 Å². The maximum absolute atomic E-state index is 12.2. The molecule has 19 heavy (non-hydrogen) atoms. The summed E-state index contributed by atoms with van der Waals surface area (Å²) >= 11 is 1.31. The third kappa shape index (κ3) is 4.09. The lowest BCUT2D eigenvalue weighted by atomic mass is 10.2. The first kappa shape index (κ1) is 15.2. The van der Waals surface area contributed by atoms with Crippen molar-refractivity contribution in [1.29, 1.82) is 0 Å². The maximum Gasteiger partial charge on any atom is 0.264 e. The van der Waals surface area contributed by atoms with E-state index in [1.54, 1.807) is 13.0 Å². The molecule has 0 unspecified atom stereocenters. The van der Waals surface area contributed by atoms with Gasteiger partial charge in [0.2, 0.25) is 5.91 Å². The van der Waals surface area contributed by atoms with Gasteiger partial charge in [-0.05, 0) is 25.5 Å². The van der Waals surface area contributed by atoms with Crippen molar-refractivity contribution in [2.75, 3.05) is 19.6 Å². The quantitative estimate of drug-likeness (QED) is 0.778. The third-order valence-electron chi connectivity index (χ3n) is 2.45. The molecule has 0 fully saturated rings. The summed E-state index contributed by atoms with van der Waals surface area (Å²) in [7, 11) is 0. The first-order valence-corrected chi connectivity index (χ1v) is 6.68. The molecule has 102 valence electrons. The van der Waals surface area contributed by atoms with Crippen LogP contribution in [0.5, 0.6) is 0 Å². The molecule has 5 nitrogen and oxygen atoms in total. The monoisotopic (exact) mass is 279 g/mol. The molecule has 6 heteroatoms. The first-order valence-electron chi connectivity index (χ1n) is 5.86. The third-order valence-corrected chi connectivity index (χ3v) is 3.59. The van der Waals surface area contributed by atoms with Crippen LogP contribution in [0.4, 0.5) is 0 Å².